The standard InChI is InChI=1S/C8H11N5O2S/c1-13-8(2-3-11-13)16(14,15)12-6-7-9-4-5-10-7/h2-5,12H,6H2,1H3,(H,9,10). The second-order valence-corrected chi connectivity index (χ2v) is 4.87. The lowest BCUT2D eigenvalue weighted by Gasteiger charge is -2.04. The third-order valence-corrected chi connectivity index (χ3v) is 3.51. The summed E-state index contributed by atoms with van der Waals surface area (Å²) in [7, 11) is -1.96. The molecule has 2 aromatic heterocycles. The van der Waals surface area contributed by atoms with Crippen molar-refractivity contribution in [3.63, 3.8) is 0 Å². The molecule has 0 saturated carbocycles. The van der Waals surface area contributed by atoms with Gasteiger partial charge in [0.05, 0.1) is 12.7 Å². The lowest BCUT2D eigenvalue weighted by atomic mass is 10.6. The minimum atomic E-state index is -3.53. The molecule has 0 unspecified atom stereocenters. The summed E-state index contributed by atoms with van der Waals surface area (Å²) in [5, 5.41) is 3.93. The first-order chi connectivity index (χ1) is 7.59. The van der Waals surface area contributed by atoms with Crippen molar-refractivity contribution in [3.05, 3.63) is 30.5 Å². The number of nitrogens with zero attached hydrogens (tertiary/aromatic N) is 3. The van der Waals surface area contributed by atoms with Crippen LogP contribution in [-0.2, 0) is 23.6 Å². The molecule has 0 amide bonds. The third kappa shape index (κ3) is 2.12. The van der Waals surface area contributed by atoms with Crippen molar-refractivity contribution in [1.29, 1.82) is 0 Å². The Labute approximate surface area is 92.6 Å². The molecule has 0 atom stereocenters. The van der Waals surface area contributed by atoms with Crippen LogP contribution in [0.5, 0.6) is 0 Å². The third-order valence-electron chi connectivity index (χ3n) is 2.04. The molecule has 0 aliphatic rings. The van der Waals surface area contributed by atoms with E-state index < -0.39 is 10.0 Å². The molecular weight excluding hydrogens is 230 g/mol. The van der Waals surface area contributed by atoms with Crippen LogP contribution in [0, 0.1) is 0 Å². The van der Waals surface area contributed by atoms with Crippen LogP contribution in [0.2, 0.25) is 0 Å². The maximum atomic E-state index is 11.8. The summed E-state index contributed by atoms with van der Waals surface area (Å²) in [6, 6.07) is 1.43. The molecule has 0 aliphatic carbocycles. The van der Waals surface area contributed by atoms with E-state index in [4.69, 9.17) is 0 Å². The highest BCUT2D eigenvalue weighted by molar-refractivity contribution is 7.89. The van der Waals surface area contributed by atoms with Crippen LogP contribution in [0.25, 0.3) is 0 Å². The van der Waals surface area contributed by atoms with E-state index >= 15 is 0 Å². The van der Waals surface area contributed by atoms with Crippen molar-refractivity contribution in [2.75, 3.05) is 0 Å². The van der Waals surface area contributed by atoms with Gasteiger partial charge in [0.1, 0.15) is 5.82 Å². The van der Waals surface area contributed by atoms with E-state index in [2.05, 4.69) is 19.8 Å². The molecule has 0 bridgehead atoms. The van der Waals surface area contributed by atoms with Gasteiger partial charge in [-0.3, -0.25) is 4.68 Å². The van der Waals surface area contributed by atoms with Crippen LogP contribution >= 0.6 is 0 Å². The van der Waals surface area contributed by atoms with E-state index in [1.54, 1.807) is 19.4 Å². The van der Waals surface area contributed by atoms with Gasteiger partial charge in [0, 0.05) is 19.4 Å². The first kappa shape index (κ1) is 10.8. The molecule has 0 saturated heterocycles. The fraction of sp³-hybridized carbons (Fsp3) is 0.250. The Bertz CT molecular complexity index is 557. The Hall–Kier alpha value is -1.67. The highest BCUT2D eigenvalue weighted by Gasteiger charge is 2.17. The van der Waals surface area contributed by atoms with Crippen molar-refractivity contribution in [2.24, 2.45) is 7.05 Å². The second kappa shape index (κ2) is 4.06. The number of aromatic nitrogens is 4. The van der Waals surface area contributed by atoms with Gasteiger partial charge in [-0.15, -0.1) is 0 Å². The van der Waals surface area contributed by atoms with Crippen LogP contribution in [0.15, 0.2) is 29.7 Å². The molecule has 8 heteroatoms. The van der Waals surface area contributed by atoms with Crippen LogP contribution in [-0.4, -0.2) is 28.2 Å². The Morgan fingerprint density at radius 1 is 1.50 bits per heavy atom. The van der Waals surface area contributed by atoms with E-state index in [0.29, 0.717) is 5.82 Å². The van der Waals surface area contributed by atoms with Gasteiger partial charge in [-0.1, -0.05) is 0 Å². The number of sulfonamides is 1. The molecule has 2 heterocycles. The summed E-state index contributed by atoms with van der Waals surface area (Å²) < 4.78 is 27.3. The molecule has 0 aromatic carbocycles. The summed E-state index contributed by atoms with van der Waals surface area (Å²) in [6.07, 6.45) is 4.63. The average Bonchev–Trinajstić information content (AvgIpc) is 2.85. The quantitative estimate of drug-likeness (QED) is 0.763. The molecule has 2 rings (SSSR count). The minimum Gasteiger partial charge on any atom is -0.347 e. The zero-order valence-electron chi connectivity index (χ0n) is 8.58. The maximum Gasteiger partial charge on any atom is 0.258 e. The summed E-state index contributed by atoms with van der Waals surface area (Å²) in [4.78, 5) is 6.73. The van der Waals surface area contributed by atoms with Gasteiger partial charge < -0.3 is 4.98 Å². The first-order valence-corrected chi connectivity index (χ1v) is 6.04. The van der Waals surface area contributed by atoms with Crippen molar-refractivity contribution >= 4 is 10.0 Å². The van der Waals surface area contributed by atoms with Crippen molar-refractivity contribution in [1.82, 2.24) is 24.5 Å². The Kier molecular flexibility index (Phi) is 2.75. The molecule has 0 spiro atoms. The molecule has 0 fully saturated rings. The normalized spacial score (nSPS) is 11.8. The molecule has 86 valence electrons. The predicted octanol–water partition coefficient (Wildman–Crippen LogP) is -0.378. The van der Waals surface area contributed by atoms with E-state index in [1.807, 2.05) is 0 Å². The zero-order valence-corrected chi connectivity index (χ0v) is 9.40. The second-order valence-electron chi connectivity index (χ2n) is 3.15. The van der Waals surface area contributed by atoms with Gasteiger partial charge in [0.15, 0.2) is 5.03 Å². The largest absolute Gasteiger partial charge is 0.347 e. The summed E-state index contributed by atoms with van der Waals surface area (Å²) >= 11 is 0. The summed E-state index contributed by atoms with van der Waals surface area (Å²) in [5.41, 5.74) is 0. The van der Waals surface area contributed by atoms with Crippen LogP contribution in [0.4, 0.5) is 0 Å². The van der Waals surface area contributed by atoms with Gasteiger partial charge >= 0.3 is 0 Å². The van der Waals surface area contributed by atoms with Crippen molar-refractivity contribution in [2.45, 2.75) is 11.6 Å². The smallest absolute Gasteiger partial charge is 0.258 e. The number of H-pyrrole nitrogens is 1. The SMILES string of the molecule is Cn1nccc1S(=O)(=O)NCc1ncc[nH]1. The highest BCUT2D eigenvalue weighted by atomic mass is 32.2. The first-order valence-electron chi connectivity index (χ1n) is 4.55. The molecule has 0 radical (unpaired) electrons. The average molecular weight is 241 g/mol. The fourth-order valence-corrected chi connectivity index (χ4v) is 2.37. The van der Waals surface area contributed by atoms with Gasteiger partial charge in [0.2, 0.25) is 0 Å². The fourth-order valence-electron chi connectivity index (χ4n) is 1.26. The Morgan fingerprint density at radius 2 is 2.31 bits per heavy atom. The Balaban J connectivity index is 2.13. The lowest BCUT2D eigenvalue weighted by molar-refractivity contribution is 0.561. The number of imidazole rings is 1. The van der Waals surface area contributed by atoms with Gasteiger partial charge in [0.25, 0.3) is 10.0 Å². The lowest BCUT2D eigenvalue weighted by Crippen LogP contribution is -2.25. The molecule has 7 nitrogen and oxygen atoms in total. The molecule has 2 N–H and O–H groups in total. The number of aromatic amines is 1. The maximum absolute atomic E-state index is 11.8. The van der Waals surface area contributed by atoms with Gasteiger partial charge in [-0.25, -0.2) is 18.1 Å². The molecular formula is C8H11N5O2S. The molecule has 16 heavy (non-hydrogen) atoms. The van der Waals surface area contributed by atoms with E-state index in [1.165, 1.54) is 16.9 Å². The number of hydrogen-bond acceptors (Lipinski definition) is 4. The predicted molar refractivity (Wildman–Crippen MR) is 55.8 cm³/mol. The minimum absolute atomic E-state index is 0.124. The van der Waals surface area contributed by atoms with E-state index in [-0.39, 0.29) is 11.6 Å². The molecule has 0 aliphatic heterocycles. The van der Waals surface area contributed by atoms with Crippen molar-refractivity contribution in [3.8, 4) is 0 Å². The van der Waals surface area contributed by atoms with Crippen LogP contribution in [0.3, 0.4) is 0 Å². The van der Waals surface area contributed by atoms with Crippen LogP contribution < -0.4 is 4.72 Å². The zero-order chi connectivity index (χ0) is 11.6. The number of aryl methyl sites for hydroxylation is 1. The topological polar surface area (TPSA) is 92.7 Å². The van der Waals surface area contributed by atoms with Crippen LogP contribution in [0.1, 0.15) is 5.82 Å². The van der Waals surface area contributed by atoms with E-state index in [9.17, 15) is 8.42 Å². The molecule has 2 aromatic rings. The number of nitrogens with one attached hydrogen (secondary N) is 2. The van der Waals surface area contributed by atoms with E-state index in [0.717, 1.165) is 0 Å². The highest BCUT2D eigenvalue weighted by Crippen LogP contribution is 2.06. The van der Waals surface area contributed by atoms with Crippen molar-refractivity contribution < 1.29 is 8.42 Å². The monoisotopic (exact) mass is 241 g/mol. The van der Waals surface area contributed by atoms with Gasteiger partial charge in [-0.2, -0.15) is 5.10 Å². The number of rotatable bonds is 4. The Morgan fingerprint density at radius 3 is 2.88 bits per heavy atom. The number of hydrogen-bond donors (Lipinski definition) is 2. The summed E-state index contributed by atoms with van der Waals surface area (Å²) in [5.74, 6) is 0.561. The van der Waals surface area contributed by atoms with Gasteiger partial charge in [-0.05, 0) is 6.07 Å². The summed E-state index contributed by atoms with van der Waals surface area (Å²) in [6.45, 7) is 0.126.